The van der Waals surface area contributed by atoms with Gasteiger partial charge in [0.25, 0.3) is 0 Å². The van der Waals surface area contributed by atoms with E-state index in [1.807, 2.05) is 6.92 Å². The van der Waals surface area contributed by atoms with E-state index in [0.29, 0.717) is 13.0 Å². The van der Waals surface area contributed by atoms with Crippen LogP contribution in [0.15, 0.2) is 0 Å². The van der Waals surface area contributed by atoms with Gasteiger partial charge in [-0.05, 0) is 37.8 Å². The van der Waals surface area contributed by atoms with Crippen LogP contribution in [0.5, 0.6) is 0 Å². The second-order valence-corrected chi connectivity index (χ2v) is 5.33. The minimum atomic E-state index is -0.730. The second-order valence-electron chi connectivity index (χ2n) is 5.33. The molecule has 100 valence electrons. The van der Waals surface area contributed by atoms with Crippen LogP contribution in [-0.2, 0) is 4.79 Å². The summed E-state index contributed by atoms with van der Waals surface area (Å²) in [6.45, 7) is 10.4. The lowest BCUT2D eigenvalue weighted by Gasteiger charge is -2.20. The summed E-state index contributed by atoms with van der Waals surface area (Å²) in [6, 6.07) is -0.391. The van der Waals surface area contributed by atoms with Gasteiger partial charge in [0.2, 0.25) is 0 Å². The quantitative estimate of drug-likeness (QED) is 0.709. The minimum Gasteiger partial charge on any atom is -0.480 e. The molecule has 1 saturated heterocycles. The molecule has 17 heavy (non-hydrogen) atoms. The van der Waals surface area contributed by atoms with E-state index in [9.17, 15) is 4.79 Å². The minimum absolute atomic E-state index is 0.391. The van der Waals surface area contributed by atoms with Gasteiger partial charge in [0, 0.05) is 13.1 Å². The van der Waals surface area contributed by atoms with Crippen molar-refractivity contribution in [2.24, 2.45) is 11.8 Å². The molecule has 0 spiro atoms. The predicted molar refractivity (Wildman–Crippen MR) is 69.1 cm³/mol. The Hall–Kier alpha value is -0.610. The van der Waals surface area contributed by atoms with Crippen molar-refractivity contribution in [1.29, 1.82) is 0 Å². The van der Waals surface area contributed by atoms with Gasteiger partial charge in [0.05, 0.1) is 0 Å². The number of hydrogen-bond acceptors (Lipinski definition) is 3. The Morgan fingerprint density at radius 3 is 2.71 bits per heavy atom. The Labute approximate surface area is 104 Å². The number of carbonyl (C=O) groups is 1. The van der Waals surface area contributed by atoms with Gasteiger partial charge in [-0.25, -0.2) is 0 Å². The maximum absolute atomic E-state index is 11.0. The molecule has 0 bridgehead atoms. The molecular weight excluding hydrogens is 216 g/mol. The molecule has 0 aromatic rings. The summed E-state index contributed by atoms with van der Waals surface area (Å²) in [7, 11) is 0. The van der Waals surface area contributed by atoms with Gasteiger partial charge in [-0.15, -0.1) is 0 Å². The Morgan fingerprint density at radius 1 is 1.53 bits per heavy atom. The van der Waals surface area contributed by atoms with Crippen molar-refractivity contribution >= 4 is 5.97 Å². The number of nitrogens with zero attached hydrogens (tertiary/aromatic N) is 1. The molecule has 1 aliphatic heterocycles. The average Bonchev–Trinajstić information content (AvgIpc) is 2.72. The first kappa shape index (κ1) is 14.5. The molecule has 2 N–H and O–H groups in total. The molecule has 1 aliphatic rings. The van der Waals surface area contributed by atoms with Gasteiger partial charge in [-0.1, -0.05) is 20.8 Å². The number of rotatable bonds is 7. The van der Waals surface area contributed by atoms with Gasteiger partial charge in [0.1, 0.15) is 6.04 Å². The van der Waals surface area contributed by atoms with Crippen LogP contribution in [0.1, 0.15) is 33.6 Å². The van der Waals surface area contributed by atoms with Gasteiger partial charge < -0.3 is 15.3 Å². The lowest BCUT2D eigenvalue weighted by Crippen LogP contribution is -2.39. The highest BCUT2D eigenvalue weighted by molar-refractivity contribution is 5.73. The number of hydrogen-bond donors (Lipinski definition) is 2. The lowest BCUT2D eigenvalue weighted by atomic mass is 9.95. The maximum atomic E-state index is 11.0. The van der Waals surface area contributed by atoms with E-state index < -0.39 is 12.0 Å². The highest BCUT2D eigenvalue weighted by Crippen LogP contribution is 2.23. The van der Waals surface area contributed by atoms with Crippen molar-refractivity contribution in [3.8, 4) is 0 Å². The zero-order valence-electron chi connectivity index (χ0n) is 11.3. The van der Waals surface area contributed by atoms with E-state index in [1.54, 1.807) is 0 Å². The smallest absolute Gasteiger partial charge is 0.320 e. The summed E-state index contributed by atoms with van der Waals surface area (Å²) in [5.41, 5.74) is 0. The molecule has 0 saturated carbocycles. The molecule has 4 heteroatoms. The normalized spacial score (nSPS) is 23.2. The van der Waals surface area contributed by atoms with Gasteiger partial charge in [-0.3, -0.25) is 4.79 Å². The van der Waals surface area contributed by atoms with Crippen LogP contribution >= 0.6 is 0 Å². The monoisotopic (exact) mass is 242 g/mol. The summed E-state index contributed by atoms with van der Waals surface area (Å²) >= 11 is 0. The van der Waals surface area contributed by atoms with Gasteiger partial charge in [-0.2, -0.15) is 0 Å². The van der Waals surface area contributed by atoms with Crippen LogP contribution in [-0.4, -0.2) is 48.2 Å². The summed E-state index contributed by atoms with van der Waals surface area (Å²) in [5, 5.41) is 12.1. The zero-order chi connectivity index (χ0) is 12.8. The van der Waals surface area contributed by atoms with Crippen molar-refractivity contribution < 1.29 is 9.90 Å². The van der Waals surface area contributed by atoms with Crippen molar-refractivity contribution in [1.82, 2.24) is 10.2 Å². The molecule has 0 amide bonds. The summed E-state index contributed by atoms with van der Waals surface area (Å²) in [6.07, 6.45) is 1.96. The Balaban J connectivity index is 2.28. The maximum Gasteiger partial charge on any atom is 0.320 e. The third kappa shape index (κ3) is 4.64. The van der Waals surface area contributed by atoms with Crippen molar-refractivity contribution in [2.45, 2.75) is 39.7 Å². The van der Waals surface area contributed by atoms with Crippen LogP contribution in [0.25, 0.3) is 0 Å². The van der Waals surface area contributed by atoms with Crippen LogP contribution in [0.3, 0.4) is 0 Å². The highest BCUT2D eigenvalue weighted by atomic mass is 16.4. The second kappa shape index (κ2) is 6.97. The number of carboxylic acid groups (broad SMARTS) is 1. The zero-order valence-corrected chi connectivity index (χ0v) is 11.3. The van der Waals surface area contributed by atoms with Gasteiger partial charge in [0.15, 0.2) is 0 Å². The van der Waals surface area contributed by atoms with E-state index >= 15 is 0 Å². The molecule has 2 atom stereocenters. The number of carboxylic acids is 1. The molecule has 1 heterocycles. The lowest BCUT2D eigenvalue weighted by molar-refractivity contribution is -0.139. The third-order valence-corrected chi connectivity index (χ3v) is 3.73. The fourth-order valence-corrected chi connectivity index (χ4v) is 2.48. The van der Waals surface area contributed by atoms with E-state index in [4.69, 9.17) is 5.11 Å². The van der Waals surface area contributed by atoms with Crippen LogP contribution in [0.4, 0.5) is 0 Å². The van der Waals surface area contributed by atoms with Crippen molar-refractivity contribution in [2.75, 3.05) is 26.2 Å². The number of nitrogens with one attached hydrogen (secondary N) is 1. The fraction of sp³-hybridized carbons (Fsp3) is 0.923. The molecule has 1 rings (SSSR count). The molecule has 0 aromatic heterocycles. The van der Waals surface area contributed by atoms with E-state index in [1.165, 1.54) is 6.42 Å². The van der Waals surface area contributed by atoms with E-state index in [2.05, 4.69) is 24.1 Å². The Kier molecular flexibility index (Phi) is 5.92. The standard InChI is InChI=1S/C13H26N2O2/c1-4-14-12(13(16)17)6-8-15-7-5-11(9-15)10(2)3/h10-12,14H,4-9H2,1-3H3,(H,16,17). The molecule has 0 aromatic carbocycles. The average molecular weight is 242 g/mol. The summed E-state index contributed by atoms with van der Waals surface area (Å²) < 4.78 is 0. The third-order valence-electron chi connectivity index (χ3n) is 3.73. The van der Waals surface area contributed by atoms with Gasteiger partial charge >= 0.3 is 5.97 Å². The molecule has 1 fully saturated rings. The molecule has 2 unspecified atom stereocenters. The number of aliphatic carboxylic acids is 1. The SMILES string of the molecule is CCNC(CCN1CCC(C(C)C)C1)C(=O)O. The number of likely N-dealkylation sites (N-methyl/N-ethyl adjacent to an activating group) is 1. The van der Waals surface area contributed by atoms with E-state index in [0.717, 1.165) is 31.5 Å². The Bertz CT molecular complexity index is 244. The first-order chi connectivity index (χ1) is 8.04. The van der Waals surface area contributed by atoms with Crippen molar-refractivity contribution in [3.63, 3.8) is 0 Å². The highest BCUT2D eigenvalue weighted by Gasteiger charge is 2.25. The molecule has 0 radical (unpaired) electrons. The molecule has 0 aliphatic carbocycles. The van der Waals surface area contributed by atoms with E-state index in [-0.39, 0.29) is 0 Å². The Morgan fingerprint density at radius 2 is 2.24 bits per heavy atom. The van der Waals surface area contributed by atoms with Crippen molar-refractivity contribution in [3.05, 3.63) is 0 Å². The van der Waals surface area contributed by atoms with Crippen LogP contribution in [0, 0.1) is 11.8 Å². The molecule has 4 nitrogen and oxygen atoms in total. The largest absolute Gasteiger partial charge is 0.480 e. The fourth-order valence-electron chi connectivity index (χ4n) is 2.48. The van der Waals surface area contributed by atoms with Crippen LogP contribution in [0.2, 0.25) is 0 Å². The first-order valence-corrected chi connectivity index (χ1v) is 6.73. The number of likely N-dealkylation sites (tertiary alicyclic amines) is 1. The first-order valence-electron chi connectivity index (χ1n) is 6.73. The topological polar surface area (TPSA) is 52.6 Å². The summed E-state index contributed by atoms with van der Waals surface area (Å²) in [5.74, 6) is 0.799. The van der Waals surface area contributed by atoms with Crippen LogP contribution < -0.4 is 5.32 Å². The molecular formula is C13H26N2O2. The summed E-state index contributed by atoms with van der Waals surface area (Å²) in [4.78, 5) is 13.4. The predicted octanol–water partition coefficient (Wildman–Crippen LogP) is 1.42.